The molecule has 2 aliphatic heterocycles. The largest absolute Gasteiger partial charge is 0.390 e. The van der Waals surface area contributed by atoms with Gasteiger partial charge >= 0.3 is 0 Å². The number of fused-ring (bicyclic) bond motifs is 2. The molecule has 2 aliphatic rings. The predicted molar refractivity (Wildman–Crippen MR) is 138 cm³/mol. The van der Waals surface area contributed by atoms with Gasteiger partial charge in [-0.3, -0.25) is 10.00 Å². The van der Waals surface area contributed by atoms with Gasteiger partial charge in [0, 0.05) is 18.5 Å². The van der Waals surface area contributed by atoms with Crippen LogP contribution in [0.4, 0.5) is 5.82 Å². The summed E-state index contributed by atoms with van der Waals surface area (Å²) in [6.07, 6.45) is 2.01. The number of aromatic nitrogens is 5. The number of benzene rings is 1. The van der Waals surface area contributed by atoms with Crippen LogP contribution in [0.5, 0.6) is 0 Å². The summed E-state index contributed by atoms with van der Waals surface area (Å²) in [5, 5.41) is 20.1. The minimum Gasteiger partial charge on any atom is -0.390 e. The summed E-state index contributed by atoms with van der Waals surface area (Å²) in [5.41, 5.74) is 1.98. The van der Waals surface area contributed by atoms with Gasteiger partial charge in [0.15, 0.2) is 11.6 Å². The molecule has 10 heteroatoms. The van der Waals surface area contributed by atoms with E-state index in [9.17, 15) is 5.11 Å². The van der Waals surface area contributed by atoms with Crippen LogP contribution in [0.3, 0.4) is 0 Å². The van der Waals surface area contributed by atoms with Gasteiger partial charge in [0.1, 0.15) is 21.0 Å². The normalized spacial score (nSPS) is 18.7. The number of rotatable bonds is 5. The molecule has 6 rings (SSSR count). The van der Waals surface area contributed by atoms with Crippen molar-refractivity contribution in [2.75, 3.05) is 44.3 Å². The molecule has 4 aromatic rings. The van der Waals surface area contributed by atoms with E-state index in [-0.39, 0.29) is 0 Å². The second-order valence-corrected chi connectivity index (χ2v) is 11.1. The fourth-order valence-electron chi connectivity index (χ4n) is 5.14. The lowest BCUT2D eigenvalue weighted by Crippen LogP contribution is -2.41. The lowest BCUT2D eigenvalue weighted by molar-refractivity contribution is -0.0136. The molecule has 5 heterocycles. The van der Waals surface area contributed by atoms with Gasteiger partial charge in [-0.15, -0.1) is 0 Å². The third-order valence-corrected chi connectivity index (χ3v) is 8.16. The maximum atomic E-state index is 10.4. The first-order valence-corrected chi connectivity index (χ1v) is 13.2. The molecule has 2 fully saturated rings. The molecule has 0 bridgehead atoms. The average Bonchev–Trinajstić information content (AvgIpc) is 3.47. The van der Waals surface area contributed by atoms with Crippen LogP contribution < -0.4 is 4.90 Å². The third kappa shape index (κ3) is 4.51. The van der Waals surface area contributed by atoms with Crippen LogP contribution in [0, 0.1) is 5.92 Å². The van der Waals surface area contributed by atoms with E-state index in [2.05, 4.69) is 20.0 Å². The maximum absolute atomic E-state index is 10.4. The predicted octanol–water partition coefficient (Wildman–Crippen LogP) is 3.45. The molecule has 9 nitrogen and oxygen atoms in total. The van der Waals surface area contributed by atoms with Gasteiger partial charge in [-0.05, 0) is 51.8 Å². The van der Waals surface area contributed by atoms with Crippen LogP contribution in [-0.4, -0.2) is 80.1 Å². The molecule has 3 aromatic heterocycles. The highest BCUT2D eigenvalue weighted by atomic mass is 32.1. The Kier molecular flexibility index (Phi) is 5.92. The first-order valence-electron chi connectivity index (χ1n) is 12.3. The number of H-pyrrole nitrogens is 1. The van der Waals surface area contributed by atoms with E-state index in [1.54, 1.807) is 11.3 Å². The fraction of sp³-hybridized carbons (Fsp3) is 0.520. The van der Waals surface area contributed by atoms with Crippen molar-refractivity contribution in [3.8, 4) is 11.5 Å². The summed E-state index contributed by atoms with van der Waals surface area (Å²) in [4.78, 5) is 20.5. The molecule has 0 aliphatic carbocycles. The van der Waals surface area contributed by atoms with Crippen LogP contribution in [0.15, 0.2) is 24.3 Å². The number of likely N-dealkylation sites (tertiary alicyclic amines) is 1. The number of piperidine rings is 1. The zero-order valence-electron chi connectivity index (χ0n) is 20.2. The summed E-state index contributed by atoms with van der Waals surface area (Å²) >= 11 is 1.64. The molecular formula is C25H31N7O2S. The van der Waals surface area contributed by atoms with Gasteiger partial charge in [0.2, 0.25) is 0 Å². The lowest BCUT2D eigenvalue weighted by atomic mass is 9.83. The van der Waals surface area contributed by atoms with Crippen molar-refractivity contribution in [2.45, 2.75) is 38.8 Å². The number of hydrogen-bond donors (Lipinski definition) is 2. The number of nitrogens with one attached hydrogen (secondary N) is 1. The molecule has 1 aromatic carbocycles. The fourth-order valence-corrected chi connectivity index (χ4v) is 6.12. The van der Waals surface area contributed by atoms with E-state index in [1.165, 1.54) is 0 Å². The number of para-hydroxylation sites is 1. The van der Waals surface area contributed by atoms with Gasteiger partial charge in [-0.2, -0.15) is 5.10 Å². The lowest BCUT2D eigenvalue weighted by Gasteiger charge is -2.37. The van der Waals surface area contributed by atoms with Gasteiger partial charge in [-0.1, -0.05) is 29.5 Å². The maximum Gasteiger partial charge on any atom is 0.184 e. The smallest absolute Gasteiger partial charge is 0.184 e. The molecule has 0 amide bonds. The zero-order chi connectivity index (χ0) is 24.0. The molecule has 0 spiro atoms. The quantitative estimate of drug-likeness (QED) is 0.436. The summed E-state index contributed by atoms with van der Waals surface area (Å²) in [6, 6.07) is 8.06. The average molecular weight is 494 g/mol. The van der Waals surface area contributed by atoms with Crippen LogP contribution in [-0.2, 0) is 11.3 Å². The van der Waals surface area contributed by atoms with Gasteiger partial charge in [-0.25, -0.2) is 15.0 Å². The van der Waals surface area contributed by atoms with Crippen LogP contribution in [0.1, 0.15) is 31.7 Å². The molecule has 2 N–H and O–H groups in total. The number of hydrogen-bond acceptors (Lipinski definition) is 9. The van der Waals surface area contributed by atoms with Gasteiger partial charge in [0.25, 0.3) is 0 Å². The number of morpholine rings is 1. The highest BCUT2D eigenvalue weighted by Gasteiger charge is 2.31. The van der Waals surface area contributed by atoms with E-state index in [1.807, 2.05) is 38.1 Å². The topological polar surface area (TPSA) is 103 Å². The van der Waals surface area contributed by atoms with E-state index in [0.717, 1.165) is 83.3 Å². The summed E-state index contributed by atoms with van der Waals surface area (Å²) in [6.45, 7) is 9.50. The van der Waals surface area contributed by atoms with Gasteiger partial charge in [0.05, 0.1) is 30.9 Å². The number of aliphatic hydroxyl groups is 1. The molecule has 0 unspecified atom stereocenters. The third-order valence-electron chi connectivity index (χ3n) is 7.22. The number of nitrogens with zero attached hydrogens (tertiary/aromatic N) is 6. The Hall–Kier alpha value is -2.66. The Bertz CT molecular complexity index is 1330. The van der Waals surface area contributed by atoms with Crippen LogP contribution in [0.25, 0.3) is 32.8 Å². The zero-order valence-corrected chi connectivity index (χ0v) is 21.0. The van der Waals surface area contributed by atoms with E-state index >= 15 is 0 Å². The molecule has 0 radical (unpaired) electrons. The highest BCUT2D eigenvalue weighted by Crippen LogP contribution is 2.34. The minimum absolute atomic E-state index is 0.346. The first kappa shape index (κ1) is 22.8. The van der Waals surface area contributed by atoms with Crippen molar-refractivity contribution in [3.05, 3.63) is 29.3 Å². The Balaban J connectivity index is 1.34. The standard InChI is InChI=1S/C25H31N7O2S/c1-25(2,33)16-7-9-31(10-8-16)15-19-26-21-23(32-11-13-34-14-12-32)27-22(28-24(21)35-19)20-17-5-3-4-6-18(17)29-30-20/h3-6,16,33H,7-15H2,1-2H3,(H,29,30). The highest BCUT2D eigenvalue weighted by molar-refractivity contribution is 7.18. The van der Waals surface area contributed by atoms with Crippen LogP contribution in [0.2, 0.25) is 0 Å². The Morgan fingerprint density at radius 2 is 1.86 bits per heavy atom. The molecule has 35 heavy (non-hydrogen) atoms. The Labute approximate surface area is 208 Å². The molecule has 0 saturated carbocycles. The summed E-state index contributed by atoms with van der Waals surface area (Å²) in [7, 11) is 0. The number of anilines is 1. The van der Waals surface area contributed by atoms with Gasteiger partial charge < -0.3 is 14.7 Å². The van der Waals surface area contributed by atoms with Crippen molar-refractivity contribution >= 4 is 38.4 Å². The molecule has 2 saturated heterocycles. The number of ether oxygens (including phenoxy) is 1. The van der Waals surface area contributed by atoms with E-state index in [4.69, 9.17) is 19.7 Å². The number of aromatic amines is 1. The second-order valence-electron chi connectivity index (χ2n) is 10.1. The van der Waals surface area contributed by atoms with Crippen molar-refractivity contribution in [2.24, 2.45) is 5.92 Å². The van der Waals surface area contributed by atoms with Crippen molar-refractivity contribution in [1.29, 1.82) is 0 Å². The van der Waals surface area contributed by atoms with Crippen molar-refractivity contribution < 1.29 is 9.84 Å². The summed E-state index contributed by atoms with van der Waals surface area (Å²) < 4.78 is 5.59. The summed E-state index contributed by atoms with van der Waals surface area (Å²) in [5.74, 6) is 1.83. The van der Waals surface area contributed by atoms with Crippen LogP contribution >= 0.6 is 11.3 Å². The molecular weight excluding hydrogens is 462 g/mol. The van der Waals surface area contributed by atoms with Crippen molar-refractivity contribution in [1.82, 2.24) is 30.0 Å². The monoisotopic (exact) mass is 493 g/mol. The first-order chi connectivity index (χ1) is 17.0. The van der Waals surface area contributed by atoms with E-state index < -0.39 is 5.60 Å². The SMILES string of the molecule is CC(C)(O)C1CCN(Cc2nc3c(N4CCOCC4)nc(-c4n[nH]c5ccccc45)nc3s2)CC1. The molecule has 184 valence electrons. The Morgan fingerprint density at radius 1 is 1.09 bits per heavy atom. The van der Waals surface area contributed by atoms with Crippen molar-refractivity contribution in [3.63, 3.8) is 0 Å². The Morgan fingerprint density at radius 3 is 2.63 bits per heavy atom. The van der Waals surface area contributed by atoms with E-state index in [0.29, 0.717) is 25.0 Å². The second kappa shape index (κ2) is 9.09. The molecule has 0 atom stereocenters. The minimum atomic E-state index is -0.614. The number of thiazole rings is 1.